The first-order chi connectivity index (χ1) is 8.49. The molecular weight excluding hydrogens is 307 g/mol. The van der Waals surface area contributed by atoms with Crippen molar-refractivity contribution in [3.05, 3.63) is 33.3 Å². The average Bonchev–Trinajstić information content (AvgIpc) is 2.32. The summed E-state index contributed by atoms with van der Waals surface area (Å²) in [6.07, 6.45) is 1.13. The second-order valence-corrected chi connectivity index (χ2v) is 5.53. The molecule has 0 radical (unpaired) electrons. The van der Waals surface area contributed by atoms with Gasteiger partial charge < -0.3 is 10.6 Å². The number of hydrogen-bond acceptors (Lipinski definition) is 2. The third kappa shape index (κ3) is 3.76. The van der Waals surface area contributed by atoms with Gasteiger partial charge in [-0.1, -0.05) is 29.3 Å². The summed E-state index contributed by atoms with van der Waals surface area (Å²) < 4.78 is 0. The van der Waals surface area contributed by atoms with Gasteiger partial charge in [0.15, 0.2) is 0 Å². The molecule has 0 saturated heterocycles. The minimum absolute atomic E-state index is 0. The van der Waals surface area contributed by atoms with Crippen LogP contribution in [-0.4, -0.2) is 23.4 Å². The Bertz CT molecular complexity index is 477. The van der Waals surface area contributed by atoms with Crippen molar-refractivity contribution in [1.82, 2.24) is 4.90 Å². The Morgan fingerprint density at radius 3 is 2.79 bits per heavy atom. The fourth-order valence-corrected chi connectivity index (χ4v) is 2.66. The van der Waals surface area contributed by atoms with E-state index in [2.05, 4.69) is 0 Å². The third-order valence-corrected chi connectivity index (χ3v) is 3.98. The molecule has 0 saturated carbocycles. The van der Waals surface area contributed by atoms with Crippen molar-refractivity contribution in [2.24, 2.45) is 5.73 Å². The monoisotopic (exact) mass is 322 g/mol. The van der Waals surface area contributed by atoms with Gasteiger partial charge in [0.2, 0.25) is 5.91 Å². The number of benzene rings is 1. The first-order valence-electron chi connectivity index (χ1n) is 5.98. The Labute approximate surface area is 129 Å². The molecule has 0 fully saturated rings. The molecule has 1 aromatic carbocycles. The number of fused-ring (bicyclic) bond motifs is 1. The molecule has 1 atom stereocenters. The number of carbonyl (C=O) groups excluding carboxylic acids is 1. The van der Waals surface area contributed by atoms with Gasteiger partial charge in [0.1, 0.15) is 0 Å². The quantitative estimate of drug-likeness (QED) is 0.909. The molecule has 1 aliphatic heterocycles. The van der Waals surface area contributed by atoms with Crippen LogP contribution in [0.3, 0.4) is 0 Å². The molecular formula is C13H17Cl3N2O. The van der Waals surface area contributed by atoms with Crippen molar-refractivity contribution in [3.63, 3.8) is 0 Å². The number of nitrogens with zero attached hydrogens (tertiary/aromatic N) is 1. The molecule has 0 spiro atoms. The normalized spacial score (nSPS) is 15.5. The van der Waals surface area contributed by atoms with Gasteiger partial charge in [0, 0.05) is 25.6 Å². The summed E-state index contributed by atoms with van der Waals surface area (Å²) in [4.78, 5) is 13.8. The largest absolute Gasteiger partial charge is 0.338 e. The van der Waals surface area contributed by atoms with Gasteiger partial charge >= 0.3 is 0 Å². The number of hydrogen-bond donors (Lipinski definition) is 1. The zero-order valence-corrected chi connectivity index (χ0v) is 13.0. The predicted molar refractivity (Wildman–Crippen MR) is 81.1 cm³/mol. The van der Waals surface area contributed by atoms with E-state index >= 15 is 0 Å². The summed E-state index contributed by atoms with van der Waals surface area (Å²) in [5, 5.41) is 1.19. The van der Waals surface area contributed by atoms with E-state index in [0.29, 0.717) is 29.6 Å². The maximum Gasteiger partial charge on any atom is 0.224 e. The van der Waals surface area contributed by atoms with E-state index in [1.165, 1.54) is 0 Å². The lowest BCUT2D eigenvalue weighted by Crippen LogP contribution is -2.38. The predicted octanol–water partition coefficient (Wildman–Crippen LogP) is 3.04. The summed E-state index contributed by atoms with van der Waals surface area (Å²) in [5.74, 6) is 0.0988. The molecule has 106 valence electrons. The Hall–Kier alpha value is -0.480. The Kier molecular flexibility index (Phi) is 5.93. The van der Waals surface area contributed by atoms with E-state index in [1.54, 1.807) is 6.07 Å². The number of rotatable bonds is 2. The lowest BCUT2D eigenvalue weighted by molar-refractivity contribution is -0.132. The summed E-state index contributed by atoms with van der Waals surface area (Å²) >= 11 is 12.2. The second kappa shape index (κ2) is 6.80. The van der Waals surface area contributed by atoms with Crippen molar-refractivity contribution < 1.29 is 4.79 Å². The van der Waals surface area contributed by atoms with Gasteiger partial charge in [-0.05, 0) is 30.5 Å². The van der Waals surface area contributed by atoms with Crippen LogP contribution in [0.25, 0.3) is 0 Å². The van der Waals surface area contributed by atoms with Crippen molar-refractivity contribution in [2.75, 3.05) is 6.54 Å². The molecule has 1 aromatic rings. The molecule has 1 unspecified atom stereocenters. The maximum atomic E-state index is 12.0. The zero-order valence-electron chi connectivity index (χ0n) is 10.7. The molecule has 2 N–H and O–H groups in total. The molecule has 1 aliphatic rings. The maximum absolute atomic E-state index is 12.0. The zero-order chi connectivity index (χ0) is 13.3. The molecule has 0 bridgehead atoms. The highest BCUT2D eigenvalue weighted by Gasteiger charge is 2.23. The summed E-state index contributed by atoms with van der Waals surface area (Å²) in [7, 11) is 0. The van der Waals surface area contributed by atoms with Crippen LogP contribution in [0.2, 0.25) is 10.0 Å². The first-order valence-corrected chi connectivity index (χ1v) is 6.73. The van der Waals surface area contributed by atoms with Crippen molar-refractivity contribution >= 4 is 41.5 Å². The Morgan fingerprint density at radius 1 is 1.47 bits per heavy atom. The molecule has 0 aromatic heterocycles. The van der Waals surface area contributed by atoms with E-state index < -0.39 is 0 Å². The van der Waals surface area contributed by atoms with Crippen molar-refractivity contribution in [1.29, 1.82) is 0 Å². The number of halogens is 3. The van der Waals surface area contributed by atoms with Crippen LogP contribution in [0.5, 0.6) is 0 Å². The Morgan fingerprint density at radius 2 is 2.16 bits per heavy atom. The topological polar surface area (TPSA) is 46.3 Å². The number of carbonyl (C=O) groups is 1. The Balaban J connectivity index is 0.00000180. The van der Waals surface area contributed by atoms with E-state index in [0.717, 1.165) is 17.5 Å². The standard InChI is InChI=1S/C13H16Cl2N2O.ClH/c1-8(16)6-12(18)17-5-4-10-9(7-17)2-3-11(14)13(10)15;/h2-3,8H,4-7,16H2,1H3;1H. The van der Waals surface area contributed by atoms with Crippen LogP contribution >= 0.6 is 35.6 Å². The van der Waals surface area contributed by atoms with Gasteiger partial charge in [0.05, 0.1) is 10.0 Å². The number of amides is 1. The molecule has 3 nitrogen and oxygen atoms in total. The highest BCUT2D eigenvalue weighted by atomic mass is 35.5. The lowest BCUT2D eigenvalue weighted by atomic mass is 9.99. The van der Waals surface area contributed by atoms with Crippen LogP contribution < -0.4 is 5.73 Å². The average molecular weight is 324 g/mol. The molecule has 2 rings (SSSR count). The minimum atomic E-state index is -0.104. The van der Waals surface area contributed by atoms with Crippen LogP contribution in [0.4, 0.5) is 0 Å². The molecule has 19 heavy (non-hydrogen) atoms. The summed E-state index contributed by atoms with van der Waals surface area (Å²) in [5.41, 5.74) is 7.79. The molecule has 6 heteroatoms. The van der Waals surface area contributed by atoms with Gasteiger partial charge in [-0.2, -0.15) is 0 Å². The highest BCUT2D eigenvalue weighted by Crippen LogP contribution is 2.32. The van der Waals surface area contributed by atoms with Crippen LogP contribution in [0.15, 0.2) is 12.1 Å². The molecule has 1 amide bonds. The highest BCUT2D eigenvalue weighted by molar-refractivity contribution is 6.42. The molecule has 0 aliphatic carbocycles. The number of nitrogens with two attached hydrogens (primary N) is 1. The molecule has 1 heterocycles. The summed E-state index contributed by atoms with van der Waals surface area (Å²) in [6, 6.07) is 3.62. The lowest BCUT2D eigenvalue weighted by Gasteiger charge is -2.30. The van der Waals surface area contributed by atoms with Crippen LogP contribution in [-0.2, 0) is 17.8 Å². The van der Waals surface area contributed by atoms with Gasteiger partial charge in [-0.3, -0.25) is 4.79 Å². The van der Waals surface area contributed by atoms with Crippen LogP contribution in [0, 0.1) is 0 Å². The van der Waals surface area contributed by atoms with Crippen LogP contribution in [0.1, 0.15) is 24.5 Å². The fraction of sp³-hybridized carbons (Fsp3) is 0.462. The van der Waals surface area contributed by atoms with E-state index in [9.17, 15) is 4.79 Å². The first kappa shape index (κ1) is 16.6. The minimum Gasteiger partial charge on any atom is -0.338 e. The third-order valence-electron chi connectivity index (χ3n) is 3.14. The fourth-order valence-electron chi connectivity index (χ4n) is 2.20. The SMILES string of the molecule is CC(N)CC(=O)N1CCc2c(ccc(Cl)c2Cl)C1.Cl. The van der Waals surface area contributed by atoms with Gasteiger partial charge in [-0.15, -0.1) is 12.4 Å². The smallest absolute Gasteiger partial charge is 0.224 e. The van der Waals surface area contributed by atoms with E-state index in [-0.39, 0.29) is 24.4 Å². The van der Waals surface area contributed by atoms with Crippen molar-refractivity contribution in [3.8, 4) is 0 Å². The van der Waals surface area contributed by atoms with Gasteiger partial charge in [0.25, 0.3) is 0 Å². The van der Waals surface area contributed by atoms with E-state index in [1.807, 2.05) is 17.9 Å². The van der Waals surface area contributed by atoms with Gasteiger partial charge in [-0.25, -0.2) is 0 Å². The van der Waals surface area contributed by atoms with E-state index in [4.69, 9.17) is 28.9 Å². The second-order valence-electron chi connectivity index (χ2n) is 4.75. The van der Waals surface area contributed by atoms with Crippen molar-refractivity contribution in [2.45, 2.75) is 32.4 Å². The summed E-state index contributed by atoms with van der Waals surface area (Å²) in [6.45, 7) is 3.11.